The Balaban J connectivity index is 1.17. The van der Waals surface area contributed by atoms with Gasteiger partial charge in [0, 0.05) is 27.3 Å². The lowest BCUT2D eigenvalue weighted by molar-refractivity contribution is 0.674. The average molecular weight is 721 g/mol. The summed E-state index contributed by atoms with van der Waals surface area (Å²) in [6.45, 7) is 0. The summed E-state index contributed by atoms with van der Waals surface area (Å²) in [6.07, 6.45) is 0. The monoisotopic (exact) mass is 720 g/mol. The second-order valence-electron chi connectivity index (χ2n) is 15.5. The molecule has 0 aliphatic rings. The first-order chi connectivity index (χ1) is 28.3. The highest BCUT2D eigenvalue weighted by molar-refractivity contribution is 6.31. The third-order valence-electron chi connectivity index (χ3n) is 12.6. The van der Waals surface area contributed by atoms with Gasteiger partial charge in [-0.25, -0.2) is 0 Å². The van der Waals surface area contributed by atoms with Gasteiger partial charge in [-0.1, -0.05) is 176 Å². The SMILES string of the molecule is c1ccc(-c2ccc3ccc4c(-c5ccc(-c6c7ccccc7cc7c6ccc6ccccc67)c6oc7c8ccccc8ccc7c56)ccc5ccc2c3c54)cc1. The van der Waals surface area contributed by atoms with Crippen LogP contribution in [0.1, 0.15) is 0 Å². The molecule has 0 aliphatic carbocycles. The van der Waals surface area contributed by atoms with Crippen molar-refractivity contribution >= 4 is 97.3 Å². The fourth-order valence-corrected chi connectivity index (χ4v) is 10.0. The van der Waals surface area contributed by atoms with Gasteiger partial charge in [-0.3, -0.25) is 0 Å². The highest BCUT2D eigenvalue weighted by Crippen LogP contribution is 2.50. The second-order valence-corrected chi connectivity index (χ2v) is 15.5. The van der Waals surface area contributed by atoms with Crippen LogP contribution in [-0.2, 0) is 0 Å². The molecule has 0 aliphatic heterocycles. The maximum Gasteiger partial charge on any atom is 0.143 e. The summed E-state index contributed by atoms with van der Waals surface area (Å²) in [6, 6.07) is 71.5. The predicted octanol–water partition coefficient (Wildman–Crippen LogP) is 16.1. The zero-order chi connectivity index (χ0) is 37.2. The van der Waals surface area contributed by atoms with Gasteiger partial charge in [0.2, 0.25) is 0 Å². The van der Waals surface area contributed by atoms with Gasteiger partial charge in [-0.15, -0.1) is 0 Å². The molecule has 0 fully saturated rings. The van der Waals surface area contributed by atoms with Crippen molar-refractivity contribution in [3.8, 4) is 33.4 Å². The molecule has 0 atom stereocenters. The van der Waals surface area contributed by atoms with E-state index in [0.29, 0.717) is 0 Å². The van der Waals surface area contributed by atoms with Crippen LogP contribution in [-0.4, -0.2) is 0 Å². The summed E-state index contributed by atoms with van der Waals surface area (Å²) in [4.78, 5) is 0. The molecular weight excluding hydrogens is 689 g/mol. The Labute approximate surface area is 328 Å². The van der Waals surface area contributed by atoms with Crippen molar-refractivity contribution in [2.75, 3.05) is 0 Å². The average Bonchev–Trinajstić information content (AvgIpc) is 3.68. The Morgan fingerprint density at radius 2 is 0.772 bits per heavy atom. The van der Waals surface area contributed by atoms with Crippen molar-refractivity contribution in [2.24, 2.45) is 0 Å². The number of furan rings is 1. The van der Waals surface area contributed by atoms with Crippen LogP contribution in [0.3, 0.4) is 0 Å². The van der Waals surface area contributed by atoms with Gasteiger partial charge in [0.05, 0.1) is 0 Å². The van der Waals surface area contributed by atoms with Crippen LogP contribution in [0.15, 0.2) is 199 Å². The minimum absolute atomic E-state index is 0.918. The number of hydrogen-bond acceptors (Lipinski definition) is 1. The highest BCUT2D eigenvalue weighted by Gasteiger charge is 2.23. The first-order valence-corrected chi connectivity index (χ1v) is 19.8. The minimum atomic E-state index is 0.918. The summed E-state index contributed by atoms with van der Waals surface area (Å²) in [5.74, 6) is 0. The molecule has 1 heterocycles. The van der Waals surface area contributed by atoms with Crippen LogP contribution >= 0.6 is 0 Å². The lowest BCUT2D eigenvalue weighted by Crippen LogP contribution is -1.91. The summed E-state index contributed by atoms with van der Waals surface area (Å²) >= 11 is 0. The number of hydrogen-bond donors (Lipinski definition) is 0. The molecule has 0 unspecified atom stereocenters. The Morgan fingerprint density at radius 1 is 0.246 bits per heavy atom. The van der Waals surface area contributed by atoms with E-state index in [0.717, 1.165) is 32.9 Å². The van der Waals surface area contributed by atoms with Gasteiger partial charge in [-0.05, 0) is 110 Å². The molecule has 262 valence electrons. The van der Waals surface area contributed by atoms with Crippen molar-refractivity contribution in [1.29, 1.82) is 0 Å². The maximum atomic E-state index is 7.29. The summed E-state index contributed by atoms with van der Waals surface area (Å²) < 4.78 is 7.29. The van der Waals surface area contributed by atoms with E-state index < -0.39 is 0 Å². The van der Waals surface area contributed by atoms with Crippen LogP contribution in [0.5, 0.6) is 0 Å². The first-order valence-electron chi connectivity index (χ1n) is 19.8. The van der Waals surface area contributed by atoms with Crippen LogP contribution in [0.2, 0.25) is 0 Å². The van der Waals surface area contributed by atoms with Crippen LogP contribution < -0.4 is 0 Å². The quantitative estimate of drug-likeness (QED) is 0.131. The fourth-order valence-electron chi connectivity index (χ4n) is 10.0. The Kier molecular flexibility index (Phi) is 6.23. The van der Waals surface area contributed by atoms with E-state index in [9.17, 15) is 0 Å². The lowest BCUT2D eigenvalue weighted by atomic mass is 9.85. The van der Waals surface area contributed by atoms with E-state index in [1.165, 1.54) is 97.8 Å². The Bertz CT molecular complexity index is 3790. The normalized spacial score (nSPS) is 12.2. The molecular formula is C56H32O. The molecule has 0 bridgehead atoms. The first kappa shape index (κ1) is 30.8. The molecule has 0 saturated carbocycles. The van der Waals surface area contributed by atoms with Crippen LogP contribution in [0.4, 0.5) is 0 Å². The summed E-state index contributed by atoms with van der Waals surface area (Å²) in [5.41, 5.74) is 9.05. The fraction of sp³-hybridized carbons (Fsp3) is 0. The highest BCUT2D eigenvalue weighted by atomic mass is 16.3. The van der Waals surface area contributed by atoms with Gasteiger partial charge in [0.1, 0.15) is 11.2 Å². The Morgan fingerprint density at radius 3 is 1.54 bits per heavy atom. The van der Waals surface area contributed by atoms with E-state index in [2.05, 4.69) is 194 Å². The van der Waals surface area contributed by atoms with E-state index in [-0.39, 0.29) is 0 Å². The molecule has 57 heavy (non-hydrogen) atoms. The van der Waals surface area contributed by atoms with E-state index in [1.54, 1.807) is 0 Å². The molecule has 13 rings (SSSR count). The Hall–Kier alpha value is -7.48. The number of fused-ring (bicyclic) bond motifs is 9. The standard InChI is InChI=1S/C56H32O/c1-2-10-33(11-3-1)40-24-20-36-23-28-45-43(25-21-37-22-27-44(40)51(36)52(37)45)46-30-31-48(56-54(46)49-29-19-35-13-5-9-17-42(35)55(49)57-56)53-41-16-8-6-14-38(41)32-50-39-15-7-4-12-34(39)18-26-47(50)53/h1-32H. The van der Waals surface area contributed by atoms with Crippen LogP contribution in [0.25, 0.3) is 131 Å². The third kappa shape index (κ3) is 4.29. The smallest absolute Gasteiger partial charge is 0.143 e. The maximum absolute atomic E-state index is 7.29. The molecule has 1 heteroatoms. The predicted molar refractivity (Wildman–Crippen MR) is 244 cm³/mol. The molecule has 13 aromatic rings. The largest absolute Gasteiger partial charge is 0.455 e. The van der Waals surface area contributed by atoms with E-state index in [1.807, 2.05) is 0 Å². The number of benzene rings is 12. The van der Waals surface area contributed by atoms with Gasteiger partial charge in [0.25, 0.3) is 0 Å². The molecule has 12 aromatic carbocycles. The molecule has 0 amide bonds. The molecule has 0 N–H and O–H groups in total. The molecule has 1 aromatic heterocycles. The molecule has 0 radical (unpaired) electrons. The van der Waals surface area contributed by atoms with Gasteiger partial charge in [-0.2, -0.15) is 0 Å². The number of rotatable bonds is 3. The van der Waals surface area contributed by atoms with Crippen molar-refractivity contribution in [1.82, 2.24) is 0 Å². The van der Waals surface area contributed by atoms with E-state index >= 15 is 0 Å². The zero-order valence-corrected chi connectivity index (χ0v) is 30.9. The zero-order valence-electron chi connectivity index (χ0n) is 30.9. The lowest BCUT2D eigenvalue weighted by Gasteiger charge is -2.18. The van der Waals surface area contributed by atoms with Crippen molar-refractivity contribution in [3.63, 3.8) is 0 Å². The molecule has 0 spiro atoms. The topological polar surface area (TPSA) is 13.1 Å². The molecule has 1 nitrogen and oxygen atoms in total. The van der Waals surface area contributed by atoms with E-state index in [4.69, 9.17) is 4.42 Å². The van der Waals surface area contributed by atoms with Crippen molar-refractivity contribution < 1.29 is 4.42 Å². The van der Waals surface area contributed by atoms with Crippen molar-refractivity contribution in [3.05, 3.63) is 194 Å². The third-order valence-corrected chi connectivity index (χ3v) is 12.6. The summed E-state index contributed by atoms with van der Waals surface area (Å²) in [5, 5.41) is 19.7. The molecule has 0 saturated heterocycles. The van der Waals surface area contributed by atoms with Gasteiger partial charge >= 0.3 is 0 Å². The second kappa shape index (κ2) is 11.5. The van der Waals surface area contributed by atoms with Crippen LogP contribution in [0, 0.1) is 0 Å². The van der Waals surface area contributed by atoms with Crippen molar-refractivity contribution in [2.45, 2.75) is 0 Å². The summed E-state index contributed by atoms with van der Waals surface area (Å²) in [7, 11) is 0. The van der Waals surface area contributed by atoms with Gasteiger partial charge < -0.3 is 4.42 Å². The van der Waals surface area contributed by atoms with Gasteiger partial charge in [0.15, 0.2) is 0 Å². The minimum Gasteiger partial charge on any atom is -0.455 e.